The van der Waals surface area contributed by atoms with Crippen LogP contribution in [0.25, 0.3) is 0 Å². The van der Waals surface area contributed by atoms with Crippen molar-refractivity contribution in [2.45, 2.75) is 69.0 Å². The number of hydrogen-bond donors (Lipinski definition) is 3. The van der Waals surface area contributed by atoms with E-state index in [4.69, 9.17) is 4.74 Å². The summed E-state index contributed by atoms with van der Waals surface area (Å²) >= 11 is 0. The molecule has 0 bridgehead atoms. The number of benzene rings is 1. The van der Waals surface area contributed by atoms with Crippen LogP contribution >= 0.6 is 0 Å². The second kappa shape index (κ2) is 9.30. The molecule has 3 atom stereocenters. The Morgan fingerprint density at radius 2 is 2.03 bits per heavy atom. The van der Waals surface area contributed by atoms with Gasteiger partial charge in [0.2, 0.25) is 11.8 Å². The molecular weight excluding hydrogens is 435 g/mol. The molecule has 6 nitrogen and oxygen atoms in total. The van der Waals surface area contributed by atoms with Crippen molar-refractivity contribution in [3.63, 3.8) is 0 Å². The summed E-state index contributed by atoms with van der Waals surface area (Å²) in [4.78, 5) is 15.7. The predicted octanol–water partition coefficient (Wildman–Crippen LogP) is 3.54. The number of hydrogen-bond acceptors (Lipinski definition) is 5. The van der Waals surface area contributed by atoms with E-state index >= 15 is 0 Å². The average Bonchev–Trinajstić information content (AvgIpc) is 2.75. The van der Waals surface area contributed by atoms with Gasteiger partial charge in [0.15, 0.2) is 0 Å². The van der Waals surface area contributed by atoms with E-state index in [9.17, 15) is 23.1 Å². The Bertz CT molecular complexity index is 980. The summed E-state index contributed by atoms with van der Waals surface area (Å²) in [6.07, 6.45) is -1.10. The Hall–Kier alpha value is -2.65. The Morgan fingerprint density at radius 1 is 1.30 bits per heavy atom. The minimum Gasteiger partial charge on any atom is -0.471 e. The van der Waals surface area contributed by atoms with E-state index in [-0.39, 0.29) is 18.3 Å². The van der Waals surface area contributed by atoms with E-state index in [1.807, 2.05) is 30.3 Å². The lowest BCUT2D eigenvalue weighted by atomic mass is 9.73. The molecule has 178 valence electrons. The maximum atomic E-state index is 13.3. The number of alkyl halides is 3. The van der Waals surface area contributed by atoms with Crippen LogP contribution in [0.15, 0.2) is 42.6 Å². The van der Waals surface area contributed by atoms with E-state index in [0.29, 0.717) is 18.4 Å². The molecule has 3 N–H and O–H groups in total. The van der Waals surface area contributed by atoms with Crippen LogP contribution < -0.4 is 15.4 Å². The Balaban J connectivity index is 1.51. The Morgan fingerprint density at radius 3 is 2.64 bits per heavy atom. The van der Waals surface area contributed by atoms with Gasteiger partial charge in [-0.1, -0.05) is 30.3 Å². The van der Waals surface area contributed by atoms with Crippen molar-refractivity contribution in [2.24, 2.45) is 0 Å². The molecule has 1 saturated carbocycles. The summed E-state index contributed by atoms with van der Waals surface area (Å²) in [5.41, 5.74) is 0.0403. The molecule has 1 aliphatic heterocycles. The first-order chi connectivity index (χ1) is 15.7. The van der Waals surface area contributed by atoms with Gasteiger partial charge >= 0.3 is 6.18 Å². The van der Waals surface area contributed by atoms with E-state index < -0.39 is 35.5 Å². The number of amides is 1. The SMILES string of the molecule is CC(=O)N[C@@H](Cc1ccccc1)[C@H](O)CN[C@H]1CC2(CCC2)Oc2ncc(C(F)(F)F)cc21. The quantitative estimate of drug-likeness (QED) is 0.585. The highest BCUT2D eigenvalue weighted by molar-refractivity contribution is 5.73. The number of pyridine rings is 1. The second-order valence-corrected chi connectivity index (χ2v) is 8.98. The molecule has 2 aliphatic rings. The zero-order valence-corrected chi connectivity index (χ0v) is 18.4. The normalized spacial score (nSPS) is 20.8. The number of nitrogens with one attached hydrogen (secondary N) is 2. The molecule has 9 heteroatoms. The molecule has 1 spiro atoms. The molecule has 1 amide bonds. The maximum Gasteiger partial charge on any atom is 0.417 e. The van der Waals surface area contributed by atoms with Crippen LogP contribution in [0.2, 0.25) is 0 Å². The Kier molecular flexibility index (Phi) is 6.63. The van der Waals surface area contributed by atoms with Crippen molar-refractivity contribution in [3.8, 4) is 5.88 Å². The summed E-state index contributed by atoms with van der Waals surface area (Å²) in [6, 6.07) is 9.55. The summed E-state index contributed by atoms with van der Waals surface area (Å²) in [5.74, 6) is -0.0533. The molecule has 33 heavy (non-hydrogen) atoms. The second-order valence-electron chi connectivity index (χ2n) is 8.98. The number of aliphatic hydroxyl groups excluding tert-OH is 1. The fourth-order valence-corrected chi connectivity index (χ4v) is 4.56. The monoisotopic (exact) mass is 463 g/mol. The molecule has 0 saturated heterocycles. The van der Waals surface area contributed by atoms with Gasteiger partial charge in [0.1, 0.15) is 5.60 Å². The van der Waals surface area contributed by atoms with Gasteiger partial charge in [-0.25, -0.2) is 4.98 Å². The van der Waals surface area contributed by atoms with Gasteiger partial charge in [-0.15, -0.1) is 0 Å². The van der Waals surface area contributed by atoms with Gasteiger partial charge in [0.05, 0.1) is 17.7 Å². The van der Waals surface area contributed by atoms with Crippen molar-refractivity contribution in [2.75, 3.05) is 6.54 Å². The lowest BCUT2D eigenvalue weighted by Crippen LogP contribution is -2.52. The highest BCUT2D eigenvalue weighted by Crippen LogP contribution is 2.49. The number of carbonyl (C=O) groups is 1. The van der Waals surface area contributed by atoms with E-state index in [2.05, 4.69) is 15.6 Å². The van der Waals surface area contributed by atoms with Gasteiger partial charge in [-0.3, -0.25) is 4.79 Å². The van der Waals surface area contributed by atoms with Crippen molar-refractivity contribution in [1.29, 1.82) is 0 Å². The standard InChI is InChI=1S/C24H28F3N3O3/c1-15(31)30-19(10-16-6-3-2-4-7-16)21(32)14-28-20-12-23(8-5-9-23)33-22-18(20)11-17(13-29-22)24(25,26)27/h2-4,6-7,11,13,19-21,28,32H,5,8-10,12,14H2,1H3,(H,30,31)/t19-,20-,21+/m0/s1. The first kappa shape index (κ1) is 23.5. The van der Waals surface area contributed by atoms with Gasteiger partial charge in [-0.2, -0.15) is 13.2 Å². The van der Waals surface area contributed by atoms with Gasteiger partial charge in [-0.05, 0) is 37.3 Å². The van der Waals surface area contributed by atoms with Crippen LogP contribution in [-0.2, 0) is 17.4 Å². The van der Waals surface area contributed by atoms with E-state index in [1.165, 1.54) is 6.92 Å². The molecule has 1 aromatic carbocycles. The minimum absolute atomic E-state index is 0.0915. The third-order valence-electron chi connectivity index (χ3n) is 6.46. The van der Waals surface area contributed by atoms with Crippen molar-refractivity contribution in [1.82, 2.24) is 15.6 Å². The number of fused-ring (bicyclic) bond motifs is 1. The summed E-state index contributed by atoms with van der Waals surface area (Å²) in [6.45, 7) is 1.48. The molecule has 0 radical (unpaired) electrons. The van der Waals surface area contributed by atoms with E-state index in [1.54, 1.807) is 0 Å². The molecule has 1 aromatic heterocycles. The number of ether oxygens (including phenoxy) is 1. The molecule has 2 aromatic rings. The van der Waals surface area contributed by atoms with Crippen LogP contribution in [0.1, 0.15) is 55.3 Å². The number of rotatable bonds is 7. The van der Waals surface area contributed by atoms with Crippen molar-refractivity contribution >= 4 is 5.91 Å². The van der Waals surface area contributed by atoms with Gasteiger partial charge in [0, 0.05) is 37.7 Å². The van der Waals surface area contributed by atoms with Crippen LogP contribution in [-0.4, -0.2) is 40.3 Å². The van der Waals surface area contributed by atoms with Crippen LogP contribution in [0, 0.1) is 0 Å². The van der Waals surface area contributed by atoms with Gasteiger partial charge in [0.25, 0.3) is 0 Å². The number of halogens is 3. The number of aliphatic hydroxyl groups is 1. The molecule has 1 fully saturated rings. The zero-order valence-electron chi connectivity index (χ0n) is 18.4. The molecule has 1 aliphatic carbocycles. The third-order valence-corrected chi connectivity index (χ3v) is 6.46. The Labute approximate surface area is 190 Å². The largest absolute Gasteiger partial charge is 0.471 e. The number of carbonyl (C=O) groups excluding carboxylic acids is 1. The number of aromatic nitrogens is 1. The predicted molar refractivity (Wildman–Crippen MR) is 116 cm³/mol. The maximum absolute atomic E-state index is 13.3. The molecule has 0 unspecified atom stereocenters. The van der Waals surface area contributed by atoms with Crippen molar-refractivity contribution in [3.05, 3.63) is 59.3 Å². The first-order valence-corrected chi connectivity index (χ1v) is 11.1. The smallest absolute Gasteiger partial charge is 0.417 e. The lowest BCUT2D eigenvalue weighted by molar-refractivity contribution is -0.138. The fraction of sp³-hybridized carbons (Fsp3) is 0.500. The third kappa shape index (κ3) is 5.47. The highest BCUT2D eigenvalue weighted by Gasteiger charge is 2.47. The number of nitrogens with zero attached hydrogens (tertiary/aromatic N) is 1. The van der Waals surface area contributed by atoms with Crippen molar-refractivity contribution < 1.29 is 27.8 Å². The van der Waals surface area contributed by atoms with Crippen LogP contribution in [0.4, 0.5) is 13.2 Å². The molecule has 2 heterocycles. The average molecular weight is 464 g/mol. The summed E-state index contributed by atoms with van der Waals surface area (Å²) in [7, 11) is 0. The zero-order chi connectivity index (χ0) is 23.6. The minimum atomic E-state index is -4.51. The topological polar surface area (TPSA) is 83.5 Å². The van der Waals surface area contributed by atoms with Gasteiger partial charge < -0.3 is 20.5 Å². The summed E-state index contributed by atoms with van der Waals surface area (Å²) < 4.78 is 45.8. The molecule has 4 rings (SSSR count). The highest BCUT2D eigenvalue weighted by atomic mass is 19.4. The first-order valence-electron chi connectivity index (χ1n) is 11.1. The summed E-state index contributed by atoms with van der Waals surface area (Å²) in [5, 5.41) is 16.9. The van der Waals surface area contributed by atoms with Crippen LogP contribution in [0.5, 0.6) is 5.88 Å². The van der Waals surface area contributed by atoms with E-state index in [0.717, 1.165) is 37.1 Å². The fourth-order valence-electron chi connectivity index (χ4n) is 4.56. The molecular formula is C24H28F3N3O3. The van der Waals surface area contributed by atoms with Crippen LogP contribution in [0.3, 0.4) is 0 Å². The lowest BCUT2D eigenvalue weighted by Gasteiger charge is -2.47.